The summed E-state index contributed by atoms with van der Waals surface area (Å²) < 4.78 is 30.3. The minimum atomic E-state index is -3.31. The molecule has 40 heavy (non-hydrogen) atoms. The van der Waals surface area contributed by atoms with Crippen LogP contribution in [-0.2, 0) is 25.9 Å². The number of anilines is 1. The van der Waals surface area contributed by atoms with Gasteiger partial charge in [0, 0.05) is 25.2 Å². The van der Waals surface area contributed by atoms with Gasteiger partial charge in [-0.2, -0.15) is 0 Å². The maximum absolute atomic E-state index is 13.2. The first-order valence-electron chi connectivity index (χ1n) is 12.9. The number of likely N-dealkylation sites (tertiary alicyclic amines) is 1. The van der Waals surface area contributed by atoms with Gasteiger partial charge in [-0.25, -0.2) is 18.0 Å². The van der Waals surface area contributed by atoms with Gasteiger partial charge in [0.1, 0.15) is 5.60 Å². The van der Waals surface area contributed by atoms with E-state index in [1.807, 2.05) is 4.90 Å². The van der Waals surface area contributed by atoms with Crippen LogP contribution in [0.3, 0.4) is 0 Å². The molecular formula is C27H31N5O7S. The van der Waals surface area contributed by atoms with Crippen LogP contribution in [0.4, 0.5) is 15.3 Å². The molecule has 0 aliphatic carbocycles. The van der Waals surface area contributed by atoms with E-state index in [2.05, 4.69) is 16.0 Å². The average molecular weight is 570 g/mol. The van der Waals surface area contributed by atoms with Crippen molar-refractivity contribution in [3.63, 3.8) is 0 Å². The van der Waals surface area contributed by atoms with Crippen LogP contribution in [0, 0.1) is 0 Å². The van der Waals surface area contributed by atoms with E-state index in [0.717, 1.165) is 5.56 Å². The molecule has 2 unspecified atom stereocenters. The molecule has 3 heterocycles. The van der Waals surface area contributed by atoms with E-state index in [1.165, 1.54) is 4.90 Å². The van der Waals surface area contributed by atoms with E-state index in [-0.39, 0.29) is 18.8 Å². The summed E-state index contributed by atoms with van der Waals surface area (Å²) in [6, 6.07) is 12.1. The highest BCUT2D eigenvalue weighted by molar-refractivity contribution is 7.91. The largest absolute Gasteiger partial charge is 0.444 e. The summed E-state index contributed by atoms with van der Waals surface area (Å²) in [6.07, 6.45) is -0.658. The van der Waals surface area contributed by atoms with Crippen molar-refractivity contribution in [2.75, 3.05) is 30.3 Å². The smallest absolute Gasteiger partial charge is 0.410 e. The minimum Gasteiger partial charge on any atom is -0.444 e. The molecule has 212 valence electrons. The highest BCUT2D eigenvalue weighted by atomic mass is 32.2. The number of ether oxygens (including phenoxy) is 1. The van der Waals surface area contributed by atoms with Crippen molar-refractivity contribution in [2.24, 2.45) is 0 Å². The number of carbonyl (C=O) groups excluding carboxylic acids is 4. The maximum atomic E-state index is 13.2. The van der Waals surface area contributed by atoms with Gasteiger partial charge >= 0.3 is 12.1 Å². The lowest BCUT2D eigenvalue weighted by Crippen LogP contribution is -2.62. The third-order valence-corrected chi connectivity index (χ3v) is 8.86. The molecule has 0 bridgehead atoms. The molecule has 0 radical (unpaired) electrons. The maximum Gasteiger partial charge on any atom is 0.410 e. The molecule has 2 fully saturated rings. The number of carbonyl (C=O) groups is 4. The summed E-state index contributed by atoms with van der Waals surface area (Å²) in [5, 5.41) is 7.60. The zero-order valence-electron chi connectivity index (χ0n) is 22.4. The minimum absolute atomic E-state index is 0.0259. The average Bonchev–Trinajstić information content (AvgIpc) is 3.38. The first-order valence-corrected chi connectivity index (χ1v) is 14.5. The SMILES string of the molecule is CC(C)(C)OC(=O)N1CC(NC(=O)c2ccc(CN3CCS(=O)(=O)c4ccccc43)cc2)C2(C1)NC(=O)NC2=O. The van der Waals surface area contributed by atoms with Crippen molar-refractivity contribution < 1.29 is 32.3 Å². The fourth-order valence-electron chi connectivity index (χ4n) is 5.18. The number of para-hydroxylation sites is 1. The number of urea groups is 1. The van der Waals surface area contributed by atoms with Crippen molar-refractivity contribution in [2.45, 2.75) is 49.4 Å². The summed E-state index contributed by atoms with van der Waals surface area (Å²) in [5.74, 6) is -1.09. The number of nitrogens with zero attached hydrogens (tertiary/aromatic N) is 2. The summed E-state index contributed by atoms with van der Waals surface area (Å²) in [5.41, 5.74) is -0.444. The predicted octanol–water partition coefficient (Wildman–Crippen LogP) is 1.41. The zero-order chi connectivity index (χ0) is 28.9. The number of hydrogen-bond acceptors (Lipinski definition) is 8. The fraction of sp³-hybridized carbons (Fsp3) is 0.407. The molecule has 3 aliphatic heterocycles. The highest BCUT2D eigenvalue weighted by Crippen LogP contribution is 2.31. The van der Waals surface area contributed by atoms with Crippen LogP contribution >= 0.6 is 0 Å². The molecule has 12 nitrogen and oxygen atoms in total. The summed E-state index contributed by atoms with van der Waals surface area (Å²) in [7, 11) is -3.31. The molecule has 2 saturated heterocycles. The topological polar surface area (TPSA) is 154 Å². The first kappa shape index (κ1) is 27.4. The van der Waals surface area contributed by atoms with Gasteiger partial charge < -0.3 is 25.2 Å². The second kappa shape index (κ2) is 9.81. The number of hydrogen-bond donors (Lipinski definition) is 3. The lowest BCUT2D eigenvalue weighted by Gasteiger charge is -2.31. The standard InChI is InChI=1S/C27H31N5O7S/c1-26(2,3)39-25(36)32-15-21(27(16-32)23(34)29-24(35)30-27)28-22(33)18-10-8-17(9-11-18)14-31-12-13-40(37,38)20-7-5-4-6-19(20)31/h4-11,21H,12-16H2,1-3H3,(H,28,33)(H2,29,30,34,35). The molecule has 2 atom stereocenters. The Morgan fingerprint density at radius 1 is 1.10 bits per heavy atom. The number of nitrogens with one attached hydrogen (secondary N) is 3. The summed E-state index contributed by atoms with van der Waals surface area (Å²) >= 11 is 0. The van der Waals surface area contributed by atoms with Gasteiger partial charge in [0.15, 0.2) is 15.4 Å². The number of imide groups is 1. The quantitative estimate of drug-likeness (QED) is 0.467. The van der Waals surface area contributed by atoms with Crippen molar-refractivity contribution >= 4 is 39.5 Å². The van der Waals surface area contributed by atoms with Crippen LogP contribution in [0.15, 0.2) is 53.4 Å². The summed E-state index contributed by atoms with van der Waals surface area (Å²) in [4.78, 5) is 54.3. The fourth-order valence-corrected chi connectivity index (χ4v) is 6.66. The number of fused-ring (bicyclic) bond motifs is 1. The van der Waals surface area contributed by atoms with Crippen molar-refractivity contribution in [3.05, 3.63) is 59.7 Å². The van der Waals surface area contributed by atoms with Crippen LogP contribution < -0.4 is 20.9 Å². The van der Waals surface area contributed by atoms with Crippen molar-refractivity contribution in [1.82, 2.24) is 20.9 Å². The van der Waals surface area contributed by atoms with Crippen LogP contribution in [0.5, 0.6) is 0 Å². The Balaban J connectivity index is 1.30. The molecule has 3 N–H and O–H groups in total. The van der Waals surface area contributed by atoms with Crippen molar-refractivity contribution in [3.8, 4) is 0 Å². The van der Waals surface area contributed by atoms with Crippen LogP contribution in [-0.4, -0.2) is 79.8 Å². The van der Waals surface area contributed by atoms with E-state index in [4.69, 9.17) is 4.74 Å². The predicted molar refractivity (Wildman–Crippen MR) is 144 cm³/mol. The second-order valence-corrected chi connectivity index (χ2v) is 13.2. The normalized spacial score (nSPS) is 23.4. The Hall–Kier alpha value is -4.13. The first-order chi connectivity index (χ1) is 18.8. The van der Waals surface area contributed by atoms with Gasteiger partial charge in [0.25, 0.3) is 11.8 Å². The van der Waals surface area contributed by atoms with Crippen LogP contribution in [0.25, 0.3) is 0 Å². The second-order valence-electron chi connectivity index (χ2n) is 11.2. The molecule has 5 amide bonds. The highest BCUT2D eigenvalue weighted by Gasteiger charge is 2.59. The van der Waals surface area contributed by atoms with E-state index in [0.29, 0.717) is 29.2 Å². The molecule has 5 rings (SSSR count). The van der Waals surface area contributed by atoms with Gasteiger partial charge in [0.05, 0.1) is 28.9 Å². The third-order valence-electron chi connectivity index (χ3n) is 7.12. The Kier molecular flexibility index (Phi) is 6.73. The molecule has 1 spiro atoms. The third kappa shape index (κ3) is 5.20. The van der Waals surface area contributed by atoms with Crippen LogP contribution in [0.2, 0.25) is 0 Å². The monoisotopic (exact) mass is 569 g/mol. The van der Waals surface area contributed by atoms with Gasteiger partial charge in [-0.3, -0.25) is 14.9 Å². The van der Waals surface area contributed by atoms with Gasteiger partial charge in [-0.05, 0) is 50.6 Å². The Morgan fingerprint density at radius 3 is 2.45 bits per heavy atom. The summed E-state index contributed by atoms with van der Waals surface area (Å²) in [6.45, 7) is 5.77. The Labute approximate surface area is 231 Å². The molecule has 0 saturated carbocycles. The lowest BCUT2D eigenvalue weighted by atomic mass is 9.93. The molecule has 2 aromatic carbocycles. The van der Waals surface area contributed by atoms with E-state index < -0.39 is 51.0 Å². The van der Waals surface area contributed by atoms with Gasteiger partial charge in [0.2, 0.25) is 0 Å². The Morgan fingerprint density at radius 2 is 1.80 bits per heavy atom. The number of sulfone groups is 1. The molecular weight excluding hydrogens is 538 g/mol. The van der Waals surface area contributed by atoms with E-state index in [1.54, 1.807) is 69.3 Å². The number of rotatable bonds is 4. The zero-order valence-corrected chi connectivity index (χ0v) is 23.2. The molecule has 2 aromatic rings. The van der Waals surface area contributed by atoms with Gasteiger partial charge in [-0.1, -0.05) is 24.3 Å². The molecule has 3 aliphatic rings. The molecule has 0 aromatic heterocycles. The number of benzene rings is 2. The lowest BCUT2D eigenvalue weighted by molar-refractivity contribution is -0.124. The van der Waals surface area contributed by atoms with Gasteiger partial charge in [-0.15, -0.1) is 0 Å². The Bertz CT molecular complexity index is 1490. The number of amides is 5. The molecule has 13 heteroatoms. The van der Waals surface area contributed by atoms with Crippen molar-refractivity contribution in [1.29, 1.82) is 0 Å². The van der Waals surface area contributed by atoms with Crippen LogP contribution in [0.1, 0.15) is 36.7 Å². The van der Waals surface area contributed by atoms with E-state index >= 15 is 0 Å². The van der Waals surface area contributed by atoms with E-state index in [9.17, 15) is 27.6 Å².